The van der Waals surface area contributed by atoms with Crippen molar-refractivity contribution in [2.75, 3.05) is 0 Å². The number of carbonyl (C=O) groups is 1. The Morgan fingerprint density at radius 3 is 2.23 bits per heavy atom. The van der Waals surface area contributed by atoms with Crippen LogP contribution in [0.4, 0.5) is 0 Å². The van der Waals surface area contributed by atoms with Crippen molar-refractivity contribution in [3.63, 3.8) is 0 Å². The van der Waals surface area contributed by atoms with Crippen LogP contribution in [0.25, 0.3) is 12.2 Å². The molecule has 1 saturated carbocycles. The van der Waals surface area contributed by atoms with Gasteiger partial charge in [-0.05, 0) is 48.0 Å². The van der Waals surface area contributed by atoms with E-state index in [0.717, 1.165) is 6.07 Å². The average molecular weight is 581 g/mol. The highest BCUT2D eigenvalue weighted by atomic mass is 16.8. The summed E-state index contributed by atoms with van der Waals surface area (Å²) in [6, 6.07) is 16.0. The molecule has 3 heterocycles. The van der Waals surface area contributed by atoms with E-state index in [1.807, 2.05) is 0 Å². The lowest BCUT2D eigenvalue weighted by molar-refractivity contribution is -0.135. The minimum Gasteiger partial charge on any atom is -0.508 e. The zero-order valence-corrected chi connectivity index (χ0v) is 22.3. The molecule has 10 heteroatoms. The van der Waals surface area contributed by atoms with Crippen molar-refractivity contribution in [3.05, 3.63) is 94.5 Å². The Hall–Kier alpha value is -5.35. The Bertz CT molecular complexity index is 1910. The van der Waals surface area contributed by atoms with Gasteiger partial charge in [0.25, 0.3) is 5.79 Å². The van der Waals surface area contributed by atoms with Crippen LogP contribution in [0.15, 0.2) is 66.7 Å². The molecule has 0 radical (unpaired) electrons. The van der Waals surface area contributed by atoms with Crippen LogP contribution in [0, 0.1) is 0 Å². The van der Waals surface area contributed by atoms with Gasteiger partial charge in [-0.1, -0.05) is 18.2 Å². The SMILES string of the molecule is O=C1C2CC(c3ccc(O)cc3O2)C23OC2(c2ccc(O)cc2O)Oc2cc(C=Cc4ccc(O)cc4O)cc(O)c2C13. The van der Waals surface area contributed by atoms with Crippen LogP contribution in [-0.2, 0) is 15.3 Å². The number of hydrogen-bond acceptors (Lipinski definition) is 10. The highest BCUT2D eigenvalue weighted by Gasteiger charge is 2.86. The molecule has 5 atom stereocenters. The van der Waals surface area contributed by atoms with Crippen LogP contribution < -0.4 is 9.47 Å². The Labute approximate surface area is 243 Å². The second-order valence-corrected chi connectivity index (χ2v) is 11.3. The lowest BCUT2D eigenvalue weighted by Gasteiger charge is -2.46. The van der Waals surface area contributed by atoms with Gasteiger partial charge in [0, 0.05) is 47.2 Å². The number of carbonyl (C=O) groups excluding carboxylic acids is 1. The molecule has 0 aromatic heterocycles. The summed E-state index contributed by atoms with van der Waals surface area (Å²) in [6.07, 6.45) is 2.59. The zero-order chi connectivity index (χ0) is 29.8. The number of phenolic OH excluding ortho intramolecular Hbond substituents is 6. The van der Waals surface area contributed by atoms with Crippen molar-refractivity contribution in [1.82, 2.24) is 0 Å². The van der Waals surface area contributed by atoms with E-state index in [1.165, 1.54) is 48.5 Å². The fraction of sp³-hybridized carbons (Fsp3) is 0.182. The highest BCUT2D eigenvalue weighted by Crippen LogP contribution is 2.76. The van der Waals surface area contributed by atoms with E-state index in [4.69, 9.17) is 14.2 Å². The molecule has 6 N–H and O–H groups in total. The normalized spacial score (nSPS) is 27.7. The summed E-state index contributed by atoms with van der Waals surface area (Å²) in [6.45, 7) is 0. The van der Waals surface area contributed by atoms with Gasteiger partial charge < -0.3 is 44.8 Å². The average Bonchev–Trinajstić information content (AvgIpc) is 3.63. The van der Waals surface area contributed by atoms with E-state index in [0.29, 0.717) is 22.4 Å². The lowest BCUT2D eigenvalue weighted by Crippen LogP contribution is -2.56. The molecular weight excluding hydrogens is 556 g/mol. The maximum Gasteiger partial charge on any atom is 0.272 e. The molecular formula is C33H24O10. The van der Waals surface area contributed by atoms with Gasteiger partial charge in [0.05, 0.1) is 11.5 Å². The fourth-order valence-electron chi connectivity index (χ4n) is 7.09. The molecule has 2 bridgehead atoms. The van der Waals surface area contributed by atoms with Gasteiger partial charge in [-0.25, -0.2) is 0 Å². The molecule has 2 fully saturated rings. The van der Waals surface area contributed by atoms with Crippen molar-refractivity contribution in [1.29, 1.82) is 0 Å². The number of aromatic hydroxyl groups is 6. The largest absolute Gasteiger partial charge is 0.508 e. The Kier molecular flexibility index (Phi) is 4.93. The third kappa shape index (κ3) is 3.35. The molecule has 216 valence electrons. The summed E-state index contributed by atoms with van der Waals surface area (Å²) in [5, 5.41) is 62.3. The highest BCUT2D eigenvalue weighted by molar-refractivity contribution is 5.96. The van der Waals surface area contributed by atoms with Gasteiger partial charge in [0.2, 0.25) is 0 Å². The standard InChI is InChI=1S/C33H24O10/c34-17-4-3-16(23(37)11-17)2-1-15-9-25(39)29-27(10-15)42-33(21-8-6-18(35)12-24(21)38)32(43-33)22-14-28(31(40)30(29)32)41-26-13-19(36)5-7-20(22)26/h1-13,22,28,30,34-39H,14H2. The first-order valence-electron chi connectivity index (χ1n) is 13.6. The van der Waals surface area contributed by atoms with Crippen LogP contribution in [0.2, 0.25) is 0 Å². The van der Waals surface area contributed by atoms with E-state index in [9.17, 15) is 35.4 Å². The molecule has 1 aliphatic carbocycles. The number of Topliss-reactive ketones (excluding diaryl/α,β-unsaturated/α-hetero) is 1. The number of fused-ring (bicyclic) bond motifs is 6. The molecule has 4 aliphatic rings. The summed E-state index contributed by atoms with van der Waals surface area (Å²) < 4.78 is 19.2. The van der Waals surface area contributed by atoms with Gasteiger partial charge in [0.1, 0.15) is 46.0 Å². The number of ether oxygens (including phenoxy) is 3. The smallest absolute Gasteiger partial charge is 0.272 e. The van der Waals surface area contributed by atoms with Gasteiger partial charge in [-0.2, -0.15) is 0 Å². The van der Waals surface area contributed by atoms with E-state index in [1.54, 1.807) is 24.3 Å². The molecule has 4 aromatic carbocycles. The predicted molar refractivity (Wildman–Crippen MR) is 150 cm³/mol. The predicted octanol–water partition coefficient (Wildman–Crippen LogP) is 4.71. The second kappa shape index (κ2) is 8.36. The molecule has 4 aromatic rings. The first kappa shape index (κ1) is 25.4. The minimum atomic E-state index is -1.66. The summed E-state index contributed by atoms with van der Waals surface area (Å²) in [4.78, 5) is 14.2. The van der Waals surface area contributed by atoms with Crippen LogP contribution in [0.5, 0.6) is 46.0 Å². The van der Waals surface area contributed by atoms with Crippen molar-refractivity contribution in [2.45, 2.75) is 35.7 Å². The molecule has 3 aliphatic heterocycles. The molecule has 43 heavy (non-hydrogen) atoms. The van der Waals surface area contributed by atoms with Crippen LogP contribution >= 0.6 is 0 Å². The maximum atomic E-state index is 14.2. The van der Waals surface area contributed by atoms with E-state index < -0.39 is 29.3 Å². The van der Waals surface area contributed by atoms with E-state index in [-0.39, 0.29) is 63.6 Å². The Morgan fingerprint density at radius 2 is 1.47 bits per heavy atom. The number of rotatable bonds is 3. The van der Waals surface area contributed by atoms with Crippen LogP contribution in [0.1, 0.15) is 46.1 Å². The first-order valence-corrected chi connectivity index (χ1v) is 13.6. The van der Waals surface area contributed by atoms with Gasteiger partial charge >= 0.3 is 0 Å². The topological polar surface area (TPSA) is 169 Å². The molecule has 10 nitrogen and oxygen atoms in total. The summed E-state index contributed by atoms with van der Waals surface area (Å²) in [7, 11) is 0. The van der Waals surface area contributed by atoms with Crippen molar-refractivity contribution < 1.29 is 49.6 Å². The number of epoxide rings is 1. The summed E-state index contributed by atoms with van der Waals surface area (Å²) >= 11 is 0. The second-order valence-electron chi connectivity index (χ2n) is 11.3. The van der Waals surface area contributed by atoms with Crippen LogP contribution in [-0.4, -0.2) is 48.1 Å². The van der Waals surface area contributed by atoms with Crippen molar-refractivity contribution in [3.8, 4) is 46.0 Å². The number of benzene rings is 4. The third-order valence-electron chi connectivity index (χ3n) is 8.92. The van der Waals surface area contributed by atoms with E-state index in [2.05, 4.69) is 0 Å². The van der Waals surface area contributed by atoms with Crippen molar-refractivity contribution in [2.24, 2.45) is 0 Å². The third-order valence-corrected chi connectivity index (χ3v) is 8.92. The lowest BCUT2D eigenvalue weighted by atomic mass is 9.59. The molecule has 1 spiro atoms. The summed E-state index contributed by atoms with van der Waals surface area (Å²) in [5.41, 5.74) is 0.622. The Balaban J connectivity index is 1.32. The van der Waals surface area contributed by atoms with Crippen molar-refractivity contribution >= 4 is 17.9 Å². The molecule has 5 unspecified atom stereocenters. The van der Waals surface area contributed by atoms with Gasteiger partial charge in [-0.15, -0.1) is 0 Å². The fourth-order valence-corrected chi connectivity index (χ4v) is 7.09. The van der Waals surface area contributed by atoms with E-state index >= 15 is 0 Å². The Morgan fingerprint density at radius 1 is 0.744 bits per heavy atom. The minimum absolute atomic E-state index is 0.0246. The van der Waals surface area contributed by atoms with Gasteiger partial charge in [-0.3, -0.25) is 4.79 Å². The van der Waals surface area contributed by atoms with Gasteiger partial charge in [0.15, 0.2) is 17.5 Å². The van der Waals surface area contributed by atoms with Crippen LogP contribution in [0.3, 0.4) is 0 Å². The molecule has 1 saturated heterocycles. The number of hydrogen-bond donors (Lipinski definition) is 6. The molecule has 0 amide bonds. The number of ketones is 1. The zero-order valence-electron chi connectivity index (χ0n) is 22.3. The first-order chi connectivity index (χ1) is 20.6. The maximum absolute atomic E-state index is 14.2. The summed E-state index contributed by atoms with van der Waals surface area (Å²) in [5.74, 6) is -3.98. The molecule has 8 rings (SSSR count). The number of phenols is 6. The monoisotopic (exact) mass is 580 g/mol. The quantitative estimate of drug-likeness (QED) is 0.147.